The van der Waals surface area contributed by atoms with Crippen molar-refractivity contribution in [2.45, 2.75) is 84.0 Å². The van der Waals surface area contributed by atoms with Crippen LogP contribution in [0.1, 0.15) is 50.2 Å². The number of anilines is 1. The van der Waals surface area contributed by atoms with Gasteiger partial charge in [-0.15, -0.1) is 11.3 Å². The van der Waals surface area contributed by atoms with Crippen LogP contribution in [0.3, 0.4) is 0 Å². The molecule has 0 spiro atoms. The van der Waals surface area contributed by atoms with Gasteiger partial charge in [0.1, 0.15) is 6.73 Å². The van der Waals surface area contributed by atoms with Gasteiger partial charge in [0.15, 0.2) is 0 Å². The Balaban J connectivity index is 1.34. The summed E-state index contributed by atoms with van der Waals surface area (Å²) in [6, 6.07) is 7.14. The summed E-state index contributed by atoms with van der Waals surface area (Å²) in [5, 5.41) is 9.17. The van der Waals surface area contributed by atoms with Crippen LogP contribution < -0.4 is 5.32 Å². The molecule has 0 bridgehead atoms. The molecule has 0 saturated carbocycles. The number of hydrogen-bond donors (Lipinski definition) is 1. The van der Waals surface area contributed by atoms with Crippen molar-refractivity contribution in [1.29, 1.82) is 0 Å². The summed E-state index contributed by atoms with van der Waals surface area (Å²) >= 11 is 1.72. The van der Waals surface area contributed by atoms with Gasteiger partial charge in [-0.3, -0.25) is 14.6 Å². The highest BCUT2D eigenvalue weighted by Crippen LogP contribution is 2.36. The number of pyridine rings is 1. The lowest BCUT2D eigenvalue weighted by molar-refractivity contribution is -0.146. The molecule has 10 nitrogen and oxygen atoms in total. The van der Waals surface area contributed by atoms with Crippen molar-refractivity contribution >= 4 is 58.0 Å². The van der Waals surface area contributed by atoms with Crippen LogP contribution in [-0.2, 0) is 27.5 Å². The monoisotopic (exact) mass is 649 g/mol. The van der Waals surface area contributed by atoms with E-state index in [-0.39, 0.29) is 18.3 Å². The van der Waals surface area contributed by atoms with E-state index in [2.05, 4.69) is 93.0 Å². The fourth-order valence-electron chi connectivity index (χ4n) is 5.59. The normalized spacial score (nSPS) is 17.8. The van der Waals surface area contributed by atoms with Gasteiger partial charge in [0.25, 0.3) is 0 Å². The van der Waals surface area contributed by atoms with Crippen molar-refractivity contribution in [2.24, 2.45) is 5.92 Å². The van der Waals surface area contributed by atoms with Crippen LogP contribution in [0.4, 0.5) is 5.69 Å². The first-order chi connectivity index (χ1) is 21.2. The second-order valence-electron chi connectivity index (χ2n) is 14.4. The molecule has 1 aromatic carbocycles. The molecule has 1 aliphatic rings. The number of aromatic nitrogens is 4. The topological polar surface area (TPSA) is 105 Å². The SMILES string of the molecule is C[C@H]1CC[C@H](c2ccc3sc(CC(C)(C)N(C)C)nc3c2)N(C(=O)C(=O)Nc2cncc3cnn(COCC[Si](C)(C)C)c23)C1. The number of fused-ring (bicyclic) bond motifs is 2. The lowest BCUT2D eigenvalue weighted by Crippen LogP contribution is -2.46. The summed E-state index contributed by atoms with van der Waals surface area (Å²) in [5.41, 5.74) is 3.07. The van der Waals surface area contributed by atoms with E-state index < -0.39 is 19.9 Å². The third kappa shape index (κ3) is 7.79. The van der Waals surface area contributed by atoms with Gasteiger partial charge in [-0.05, 0) is 70.4 Å². The molecule has 3 aromatic heterocycles. The Morgan fingerprint density at radius 3 is 2.67 bits per heavy atom. The molecule has 0 aliphatic carbocycles. The number of carbonyl (C=O) groups is 2. The van der Waals surface area contributed by atoms with Gasteiger partial charge in [-0.1, -0.05) is 32.6 Å². The Labute approximate surface area is 271 Å². The Kier molecular flexibility index (Phi) is 9.78. The number of nitrogens with zero attached hydrogens (tertiary/aromatic N) is 6. The van der Waals surface area contributed by atoms with E-state index in [0.29, 0.717) is 30.3 Å². The largest absolute Gasteiger partial charge is 0.360 e. The zero-order chi connectivity index (χ0) is 32.5. The third-order valence-corrected chi connectivity index (χ3v) is 11.6. The number of amides is 2. The molecule has 1 N–H and O–H groups in total. The van der Waals surface area contributed by atoms with Crippen molar-refractivity contribution in [1.82, 2.24) is 29.5 Å². The van der Waals surface area contributed by atoms with Crippen LogP contribution in [0.25, 0.3) is 21.1 Å². The minimum atomic E-state index is -1.22. The van der Waals surface area contributed by atoms with Gasteiger partial charge in [-0.2, -0.15) is 5.10 Å². The maximum atomic E-state index is 13.8. The first kappa shape index (κ1) is 33.2. The number of ether oxygens (including phenoxy) is 1. The number of carbonyl (C=O) groups excluding carboxylic acids is 2. The van der Waals surface area contributed by atoms with Crippen molar-refractivity contribution < 1.29 is 14.3 Å². The van der Waals surface area contributed by atoms with Crippen LogP contribution in [0.5, 0.6) is 0 Å². The highest BCUT2D eigenvalue weighted by molar-refractivity contribution is 7.18. The van der Waals surface area contributed by atoms with Gasteiger partial charge in [0, 0.05) is 44.8 Å². The van der Waals surface area contributed by atoms with Gasteiger partial charge < -0.3 is 19.9 Å². The molecule has 12 heteroatoms. The highest BCUT2D eigenvalue weighted by atomic mass is 32.1. The molecule has 0 radical (unpaired) electrons. The summed E-state index contributed by atoms with van der Waals surface area (Å²) in [6.07, 6.45) is 7.58. The molecule has 1 saturated heterocycles. The summed E-state index contributed by atoms with van der Waals surface area (Å²) in [4.78, 5) is 40.6. The van der Waals surface area contributed by atoms with Crippen LogP contribution in [-0.4, -0.2) is 82.2 Å². The smallest absolute Gasteiger partial charge is 0.314 e. The lowest BCUT2D eigenvalue weighted by atomic mass is 9.89. The zero-order valence-corrected chi connectivity index (χ0v) is 29.7. The first-order valence-corrected chi connectivity index (χ1v) is 20.3. The number of rotatable bonds is 10. The van der Waals surface area contributed by atoms with Crippen LogP contribution in [0, 0.1) is 5.92 Å². The average molecular weight is 650 g/mol. The van der Waals surface area contributed by atoms with E-state index in [1.807, 2.05) is 0 Å². The van der Waals surface area contributed by atoms with Crippen LogP contribution >= 0.6 is 11.3 Å². The highest BCUT2D eigenvalue weighted by Gasteiger charge is 2.35. The minimum absolute atomic E-state index is 0.00891. The quantitative estimate of drug-likeness (QED) is 0.124. The molecular weight excluding hydrogens is 603 g/mol. The van der Waals surface area contributed by atoms with E-state index in [4.69, 9.17) is 9.72 Å². The summed E-state index contributed by atoms with van der Waals surface area (Å²) in [5.74, 6) is -0.938. The summed E-state index contributed by atoms with van der Waals surface area (Å²) in [7, 11) is 2.96. The summed E-state index contributed by atoms with van der Waals surface area (Å²) < 4.78 is 8.77. The third-order valence-electron chi connectivity index (χ3n) is 8.91. The maximum Gasteiger partial charge on any atom is 0.314 e. The predicted molar refractivity (Wildman–Crippen MR) is 184 cm³/mol. The Morgan fingerprint density at radius 1 is 1.16 bits per heavy atom. The molecule has 0 unspecified atom stereocenters. The van der Waals surface area contributed by atoms with Gasteiger partial charge >= 0.3 is 11.8 Å². The van der Waals surface area contributed by atoms with E-state index in [1.54, 1.807) is 39.5 Å². The van der Waals surface area contributed by atoms with E-state index in [0.717, 1.165) is 51.5 Å². The van der Waals surface area contributed by atoms with Gasteiger partial charge in [0.05, 0.1) is 44.9 Å². The second kappa shape index (κ2) is 13.3. The molecule has 1 aliphatic heterocycles. The molecule has 4 heterocycles. The van der Waals surface area contributed by atoms with Crippen molar-refractivity contribution in [2.75, 3.05) is 32.6 Å². The molecule has 1 fully saturated rings. The molecule has 2 amide bonds. The molecule has 45 heavy (non-hydrogen) atoms. The molecule has 242 valence electrons. The Bertz CT molecular complexity index is 1680. The predicted octanol–water partition coefficient (Wildman–Crippen LogP) is 6.17. The number of thiazole rings is 1. The van der Waals surface area contributed by atoms with Gasteiger partial charge in [-0.25, -0.2) is 9.67 Å². The standard InChI is InChI=1S/C33H47N7O3SSi/c1-22-9-11-27(23-10-12-28-25(15-23)36-29(44-28)16-33(2,3)38(4)5)39(20-22)32(42)31(41)37-26-19-34-17-24-18-35-40(30(24)26)21-43-13-14-45(6,7)8/h10,12,15,17-19,22,27H,9,11,13-14,16,20-21H2,1-8H3,(H,37,41)/t22-,27+/m0/s1. The van der Waals surface area contributed by atoms with Crippen molar-refractivity contribution in [3.05, 3.63) is 47.4 Å². The lowest BCUT2D eigenvalue weighted by Gasteiger charge is -2.38. The number of likely N-dealkylation sites (N-methyl/N-ethyl adjacent to an activating group) is 1. The number of benzene rings is 1. The second-order valence-corrected chi connectivity index (χ2v) is 21.2. The molecule has 5 rings (SSSR count). The Morgan fingerprint density at radius 2 is 1.93 bits per heavy atom. The number of likely N-dealkylation sites (tertiary alicyclic amines) is 1. The number of piperidine rings is 1. The molecule has 2 atom stereocenters. The minimum Gasteiger partial charge on any atom is -0.360 e. The molecule has 4 aromatic rings. The van der Waals surface area contributed by atoms with Crippen molar-refractivity contribution in [3.8, 4) is 0 Å². The van der Waals surface area contributed by atoms with Crippen LogP contribution in [0.2, 0.25) is 25.7 Å². The Hall–Kier alpha value is -3.19. The fourth-order valence-corrected chi connectivity index (χ4v) is 7.52. The van der Waals surface area contributed by atoms with E-state index in [1.165, 1.54) is 0 Å². The fraction of sp³-hybridized carbons (Fsp3) is 0.545. The molecular formula is C33H47N7O3SSi. The van der Waals surface area contributed by atoms with Crippen molar-refractivity contribution in [3.63, 3.8) is 0 Å². The number of nitrogens with one attached hydrogen (secondary N) is 1. The average Bonchev–Trinajstić information content (AvgIpc) is 3.57. The number of hydrogen-bond acceptors (Lipinski definition) is 8. The zero-order valence-electron chi connectivity index (χ0n) is 27.9. The summed E-state index contributed by atoms with van der Waals surface area (Å²) in [6.45, 7) is 14.9. The van der Waals surface area contributed by atoms with E-state index >= 15 is 0 Å². The van der Waals surface area contributed by atoms with E-state index in [9.17, 15) is 9.59 Å². The van der Waals surface area contributed by atoms with Gasteiger partial charge in [0.2, 0.25) is 0 Å². The maximum absolute atomic E-state index is 13.8. The first-order valence-electron chi connectivity index (χ1n) is 15.8. The van der Waals surface area contributed by atoms with Crippen LogP contribution in [0.15, 0.2) is 36.8 Å².